The molecule has 0 amide bonds. The lowest BCUT2D eigenvalue weighted by atomic mass is 10.0. The Hall–Kier alpha value is -0.860. The second kappa shape index (κ2) is 4.91. The molecule has 0 unspecified atom stereocenters. The Morgan fingerprint density at radius 3 is 2.75 bits per heavy atom. The second-order valence-corrected chi connectivity index (χ2v) is 3.18. The lowest BCUT2D eigenvalue weighted by Gasteiger charge is -2.01. The Kier molecular flexibility index (Phi) is 3.77. The van der Waals surface area contributed by atoms with Gasteiger partial charge in [0.25, 0.3) is 0 Å². The number of carbonyl (C=O) groups is 1. The van der Waals surface area contributed by atoms with Crippen LogP contribution in [-0.2, 0) is 9.74 Å². The Bertz CT molecular complexity index is 171. The first kappa shape index (κ1) is 9.23. The quantitative estimate of drug-likeness (QED) is 0.611. The Morgan fingerprint density at radius 1 is 1.50 bits per heavy atom. The third-order valence-corrected chi connectivity index (χ3v) is 2.27. The van der Waals surface area contributed by atoms with Crippen molar-refractivity contribution >= 4 is 5.97 Å². The zero-order valence-electron chi connectivity index (χ0n) is 6.96. The topological polar surface area (TPSA) is 26.3 Å². The molecule has 0 aromatic carbocycles. The molecule has 1 fully saturated rings. The van der Waals surface area contributed by atoms with Crippen molar-refractivity contribution in [3.05, 3.63) is 12.2 Å². The summed E-state index contributed by atoms with van der Waals surface area (Å²) in [5, 5.41) is 0. The molecule has 0 aliphatic heterocycles. The van der Waals surface area contributed by atoms with Crippen LogP contribution in [0.4, 0.5) is 4.53 Å². The van der Waals surface area contributed by atoms with Crippen molar-refractivity contribution in [2.24, 2.45) is 5.92 Å². The fourth-order valence-corrected chi connectivity index (χ4v) is 1.63. The van der Waals surface area contributed by atoms with E-state index in [1.807, 2.05) is 0 Å². The summed E-state index contributed by atoms with van der Waals surface area (Å²) in [5.41, 5.74) is 0. The van der Waals surface area contributed by atoms with Gasteiger partial charge in [0.2, 0.25) is 0 Å². The first-order valence-electron chi connectivity index (χ1n) is 4.32. The van der Waals surface area contributed by atoms with Gasteiger partial charge in [0.15, 0.2) is 0 Å². The van der Waals surface area contributed by atoms with Gasteiger partial charge in [-0.15, -0.1) is 0 Å². The molecular formula is C9H13FO2. The largest absolute Gasteiger partial charge is 0.372 e. The molecule has 0 radical (unpaired) electrons. The van der Waals surface area contributed by atoms with Crippen molar-refractivity contribution in [3.63, 3.8) is 0 Å². The van der Waals surface area contributed by atoms with Crippen LogP contribution in [0, 0.1) is 5.92 Å². The van der Waals surface area contributed by atoms with Gasteiger partial charge >= 0.3 is 5.97 Å². The molecule has 0 saturated heterocycles. The van der Waals surface area contributed by atoms with Crippen LogP contribution >= 0.6 is 0 Å². The Balaban J connectivity index is 2.15. The monoisotopic (exact) mass is 172 g/mol. The molecule has 0 aromatic heterocycles. The molecule has 1 aliphatic carbocycles. The van der Waals surface area contributed by atoms with Crippen LogP contribution in [-0.4, -0.2) is 5.97 Å². The molecule has 0 heterocycles. The number of hydrogen-bond donors (Lipinski definition) is 0. The summed E-state index contributed by atoms with van der Waals surface area (Å²) in [5.74, 6) is -0.221. The maximum absolute atomic E-state index is 11.2. The van der Waals surface area contributed by atoms with E-state index in [0.29, 0.717) is 5.92 Å². The number of rotatable bonds is 3. The van der Waals surface area contributed by atoms with Crippen LogP contribution in [0.1, 0.15) is 32.1 Å². The van der Waals surface area contributed by atoms with E-state index >= 15 is 0 Å². The van der Waals surface area contributed by atoms with E-state index < -0.39 is 5.97 Å². The van der Waals surface area contributed by atoms with Crippen molar-refractivity contribution in [2.75, 3.05) is 0 Å². The predicted octanol–water partition coefficient (Wildman–Crippen LogP) is 2.55. The van der Waals surface area contributed by atoms with Crippen LogP contribution in [0.2, 0.25) is 0 Å². The Morgan fingerprint density at radius 2 is 2.17 bits per heavy atom. The van der Waals surface area contributed by atoms with Gasteiger partial charge < -0.3 is 0 Å². The van der Waals surface area contributed by atoms with E-state index in [1.165, 1.54) is 25.7 Å². The average molecular weight is 172 g/mol. The number of halogens is 1. The van der Waals surface area contributed by atoms with E-state index in [9.17, 15) is 9.32 Å². The van der Waals surface area contributed by atoms with Crippen LogP contribution in [0.3, 0.4) is 0 Å². The summed E-state index contributed by atoms with van der Waals surface area (Å²) in [6, 6.07) is 0. The molecule has 0 bridgehead atoms. The van der Waals surface area contributed by atoms with Crippen LogP contribution in [0.25, 0.3) is 0 Å². The molecule has 0 spiro atoms. The van der Waals surface area contributed by atoms with Gasteiger partial charge in [-0.05, 0) is 12.3 Å². The molecule has 2 nitrogen and oxygen atoms in total. The summed E-state index contributed by atoms with van der Waals surface area (Å²) in [4.78, 5) is 13.3. The Labute approximate surface area is 71.3 Å². The van der Waals surface area contributed by atoms with E-state index in [4.69, 9.17) is 0 Å². The fourth-order valence-electron chi connectivity index (χ4n) is 1.63. The van der Waals surface area contributed by atoms with Gasteiger partial charge in [0.1, 0.15) is 0 Å². The van der Waals surface area contributed by atoms with Crippen molar-refractivity contribution in [2.45, 2.75) is 32.1 Å². The van der Waals surface area contributed by atoms with E-state index in [1.54, 1.807) is 6.08 Å². The third kappa shape index (κ3) is 3.03. The lowest BCUT2D eigenvalue weighted by molar-refractivity contribution is -0.176. The summed E-state index contributed by atoms with van der Waals surface area (Å²) in [6.45, 7) is 0. The molecule has 3 heteroatoms. The van der Waals surface area contributed by atoms with Gasteiger partial charge in [0.05, 0.1) is 0 Å². The highest BCUT2D eigenvalue weighted by molar-refractivity contribution is 5.81. The zero-order valence-corrected chi connectivity index (χ0v) is 6.96. The minimum Gasteiger partial charge on any atom is -0.250 e. The van der Waals surface area contributed by atoms with E-state index in [2.05, 4.69) is 4.94 Å². The first-order chi connectivity index (χ1) is 5.83. The number of carbonyl (C=O) groups excluding carboxylic acids is 1. The van der Waals surface area contributed by atoms with Gasteiger partial charge in [0, 0.05) is 10.6 Å². The van der Waals surface area contributed by atoms with Gasteiger partial charge in [-0.2, -0.15) is 0 Å². The molecule has 0 N–H and O–H groups in total. The highest BCUT2D eigenvalue weighted by Gasteiger charge is 2.12. The maximum Gasteiger partial charge on any atom is 0.372 e. The van der Waals surface area contributed by atoms with Crippen molar-refractivity contribution < 1.29 is 14.3 Å². The van der Waals surface area contributed by atoms with Crippen LogP contribution in [0.15, 0.2) is 12.2 Å². The minimum absolute atomic E-state index is 0.689. The lowest BCUT2D eigenvalue weighted by Crippen LogP contribution is -1.93. The second-order valence-electron chi connectivity index (χ2n) is 3.18. The molecule has 1 aliphatic rings. The molecular weight excluding hydrogens is 159 g/mol. The normalized spacial score (nSPS) is 18.8. The number of hydrogen-bond acceptors (Lipinski definition) is 2. The first-order valence-corrected chi connectivity index (χ1v) is 4.32. The van der Waals surface area contributed by atoms with E-state index in [-0.39, 0.29) is 0 Å². The third-order valence-electron chi connectivity index (χ3n) is 2.27. The fraction of sp³-hybridized carbons (Fsp3) is 0.667. The maximum atomic E-state index is 11.2. The summed E-state index contributed by atoms with van der Waals surface area (Å²) in [7, 11) is 0. The summed E-state index contributed by atoms with van der Waals surface area (Å²) >= 11 is 0. The smallest absolute Gasteiger partial charge is 0.250 e. The molecule has 1 rings (SSSR count). The zero-order chi connectivity index (χ0) is 8.81. The van der Waals surface area contributed by atoms with Gasteiger partial charge in [-0.1, -0.05) is 31.8 Å². The highest BCUT2D eigenvalue weighted by Crippen LogP contribution is 2.27. The molecule has 1 saturated carbocycles. The number of allylic oxidation sites excluding steroid dienone is 1. The summed E-state index contributed by atoms with van der Waals surface area (Å²) < 4.78 is 11.2. The van der Waals surface area contributed by atoms with Crippen LogP contribution < -0.4 is 0 Å². The van der Waals surface area contributed by atoms with Crippen molar-refractivity contribution in [1.29, 1.82) is 0 Å². The minimum atomic E-state index is -0.909. The SMILES string of the molecule is O=C(/C=C/CC1CCCC1)OF. The molecule has 0 atom stereocenters. The highest BCUT2D eigenvalue weighted by atomic mass is 19.3. The summed E-state index contributed by atoms with van der Waals surface area (Å²) in [6.07, 6.45) is 8.74. The molecule has 68 valence electrons. The van der Waals surface area contributed by atoms with Crippen molar-refractivity contribution in [1.82, 2.24) is 0 Å². The van der Waals surface area contributed by atoms with Gasteiger partial charge in [-0.25, -0.2) is 4.79 Å². The molecule has 12 heavy (non-hydrogen) atoms. The van der Waals surface area contributed by atoms with Crippen LogP contribution in [0.5, 0.6) is 0 Å². The van der Waals surface area contributed by atoms with Gasteiger partial charge in [-0.3, -0.25) is 4.94 Å². The van der Waals surface area contributed by atoms with Crippen molar-refractivity contribution in [3.8, 4) is 0 Å². The standard InChI is InChI=1S/C9H13FO2/c10-12-9(11)7-3-6-8-4-1-2-5-8/h3,7-8H,1-2,4-6H2/b7-3+. The predicted molar refractivity (Wildman–Crippen MR) is 42.9 cm³/mol. The van der Waals surface area contributed by atoms with E-state index in [0.717, 1.165) is 12.5 Å². The average Bonchev–Trinajstić information content (AvgIpc) is 2.57. The molecule has 0 aromatic rings.